The van der Waals surface area contributed by atoms with E-state index >= 15 is 0 Å². The van der Waals surface area contributed by atoms with Gasteiger partial charge in [-0.25, -0.2) is 25.9 Å². The Balaban J connectivity index is 2.77. The lowest BCUT2D eigenvalue weighted by molar-refractivity contribution is 0.372. The minimum absolute atomic E-state index is 0.00613. The first kappa shape index (κ1) is 19.1. The second kappa shape index (κ2) is 7.07. The number of aryl methyl sites for hydroxylation is 2. The summed E-state index contributed by atoms with van der Waals surface area (Å²) in [6.07, 6.45) is 1.12. The number of H-pyrrole nitrogens is 1. The van der Waals surface area contributed by atoms with Crippen LogP contribution in [0.1, 0.15) is 25.2 Å². The fraction of sp³-hybridized carbons (Fsp3) is 0.750. The fourth-order valence-corrected chi connectivity index (χ4v) is 4.49. The van der Waals surface area contributed by atoms with Gasteiger partial charge in [-0.05, 0) is 19.8 Å². The van der Waals surface area contributed by atoms with Crippen molar-refractivity contribution in [1.82, 2.24) is 19.2 Å². The summed E-state index contributed by atoms with van der Waals surface area (Å²) in [5.41, 5.74) is 0.833. The molecule has 22 heavy (non-hydrogen) atoms. The van der Waals surface area contributed by atoms with E-state index < -0.39 is 20.0 Å². The molecule has 1 rings (SSSR count). The maximum Gasteiger partial charge on any atom is 0.244 e. The van der Waals surface area contributed by atoms with Gasteiger partial charge in [-0.2, -0.15) is 5.10 Å². The summed E-state index contributed by atoms with van der Waals surface area (Å²) in [7, 11) is -7.08. The summed E-state index contributed by atoms with van der Waals surface area (Å²) >= 11 is 0. The Labute approximate surface area is 132 Å². The molecule has 0 amide bonds. The number of nitrogens with zero attached hydrogens (tertiary/aromatic N) is 2. The third kappa shape index (κ3) is 5.04. The van der Waals surface area contributed by atoms with Crippen LogP contribution in [0, 0.1) is 19.8 Å². The van der Waals surface area contributed by atoms with E-state index in [1.54, 1.807) is 13.8 Å². The highest BCUT2D eigenvalue weighted by Gasteiger charge is 2.23. The Hall–Kier alpha value is -0.970. The van der Waals surface area contributed by atoms with Crippen molar-refractivity contribution in [1.29, 1.82) is 0 Å². The molecule has 10 heteroatoms. The topological polar surface area (TPSA) is 112 Å². The number of hydrogen-bond donors (Lipinski definition) is 2. The predicted octanol–water partition coefficient (Wildman–Crippen LogP) is 0.222. The molecule has 1 aromatic rings. The summed E-state index contributed by atoms with van der Waals surface area (Å²) in [6.45, 7) is 7.47. The van der Waals surface area contributed by atoms with Crippen LogP contribution in [-0.4, -0.2) is 57.2 Å². The Morgan fingerprint density at radius 1 is 1.23 bits per heavy atom. The van der Waals surface area contributed by atoms with E-state index in [1.165, 1.54) is 4.31 Å². The number of rotatable bonds is 8. The predicted molar refractivity (Wildman–Crippen MR) is 84.5 cm³/mol. The van der Waals surface area contributed by atoms with Gasteiger partial charge in [-0.1, -0.05) is 13.8 Å². The van der Waals surface area contributed by atoms with Gasteiger partial charge in [-0.3, -0.25) is 5.10 Å². The third-order valence-corrected chi connectivity index (χ3v) is 6.01. The standard InChI is InChI=1S/C12H24N4O4S2/c1-9(2)8-16(21(5,17)18)7-6-13-22(19,20)12-10(3)14-15-11(12)4/h9,13H,6-8H2,1-5H3,(H,14,15). The van der Waals surface area contributed by atoms with Gasteiger partial charge in [0.1, 0.15) is 4.90 Å². The smallest absolute Gasteiger partial charge is 0.244 e. The highest BCUT2D eigenvalue weighted by Crippen LogP contribution is 2.16. The van der Waals surface area contributed by atoms with E-state index in [2.05, 4.69) is 14.9 Å². The van der Waals surface area contributed by atoms with Gasteiger partial charge in [0, 0.05) is 19.6 Å². The van der Waals surface area contributed by atoms with Crippen LogP contribution in [-0.2, 0) is 20.0 Å². The first-order valence-electron chi connectivity index (χ1n) is 6.91. The highest BCUT2D eigenvalue weighted by atomic mass is 32.2. The van der Waals surface area contributed by atoms with Crippen molar-refractivity contribution in [3.63, 3.8) is 0 Å². The molecule has 2 N–H and O–H groups in total. The van der Waals surface area contributed by atoms with Crippen LogP contribution >= 0.6 is 0 Å². The normalized spacial score (nSPS) is 13.2. The molecule has 128 valence electrons. The largest absolute Gasteiger partial charge is 0.281 e. The van der Waals surface area contributed by atoms with Crippen molar-refractivity contribution in [3.8, 4) is 0 Å². The minimum Gasteiger partial charge on any atom is -0.281 e. The molecular formula is C12H24N4O4S2. The SMILES string of the molecule is Cc1n[nH]c(C)c1S(=O)(=O)NCCN(CC(C)C)S(C)(=O)=O. The van der Waals surface area contributed by atoms with Gasteiger partial charge in [0.15, 0.2) is 0 Å². The number of aromatic nitrogens is 2. The zero-order valence-electron chi connectivity index (χ0n) is 13.5. The summed E-state index contributed by atoms with van der Waals surface area (Å²) < 4.78 is 51.6. The van der Waals surface area contributed by atoms with Crippen molar-refractivity contribution < 1.29 is 16.8 Å². The highest BCUT2D eigenvalue weighted by molar-refractivity contribution is 7.89. The first-order chi connectivity index (χ1) is 9.95. The summed E-state index contributed by atoms with van der Waals surface area (Å²) in [4.78, 5) is 0.113. The average molecular weight is 352 g/mol. The molecule has 0 radical (unpaired) electrons. The monoisotopic (exact) mass is 352 g/mol. The second-order valence-corrected chi connectivity index (χ2v) is 9.36. The van der Waals surface area contributed by atoms with Crippen molar-refractivity contribution in [2.24, 2.45) is 5.92 Å². The van der Waals surface area contributed by atoms with Gasteiger partial charge < -0.3 is 0 Å². The lowest BCUT2D eigenvalue weighted by atomic mass is 10.2. The maximum absolute atomic E-state index is 12.2. The van der Waals surface area contributed by atoms with Crippen molar-refractivity contribution in [3.05, 3.63) is 11.4 Å². The molecule has 0 aromatic carbocycles. The molecule has 0 atom stereocenters. The van der Waals surface area contributed by atoms with Crippen LogP contribution in [0.25, 0.3) is 0 Å². The van der Waals surface area contributed by atoms with Crippen molar-refractivity contribution in [2.45, 2.75) is 32.6 Å². The van der Waals surface area contributed by atoms with Crippen LogP contribution in [0.5, 0.6) is 0 Å². The lowest BCUT2D eigenvalue weighted by Gasteiger charge is -2.22. The Bertz CT molecular complexity index is 688. The van der Waals surface area contributed by atoms with E-state index in [0.29, 0.717) is 17.9 Å². The van der Waals surface area contributed by atoms with Crippen LogP contribution in [0.4, 0.5) is 0 Å². The average Bonchev–Trinajstić information content (AvgIpc) is 2.66. The van der Waals surface area contributed by atoms with Crippen molar-refractivity contribution in [2.75, 3.05) is 25.9 Å². The molecule has 0 fully saturated rings. The Morgan fingerprint density at radius 3 is 2.23 bits per heavy atom. The number of aromatic amines is 1. The number of sulfonamides is 2. The summed E-state index contributed by atoms with van der Waals surface area (Å²) in [6, 6.07) is 0. The molecule has 0 spiro atoms. The zero-order valence-corrected chi connectivity index (χ0v) is 15.2. The van der Waals surface area contributed by atoms with Crippen LogP contribution in [0.15, 0.2) is 4.90 Å². The molecule has 0 aliphatic carbocycles. The molecule has 0 saturated carbocycles. The molecular weight excluding hydrogens is 328 g/mol. The van der Waals surface area contributed by atoms with E-state index in [0.717, 1.165) is 6.26 Å². The number of hydrogen-bond acceptors (Lipinski definition) is 5. The Morgan fingerprint density at radius 2 is 1.82 bits per heavy atom. The molecule has 0 saturated heterocycles. The van der Waals surface area contributed by atoms with E-state index in [9.17, 15) is 16.8 Å². The zero-order chi connectivity index (χ0) is 17.1. The summed E-state index contributed by atoms with van der Waals surface area (Å²) in [5.74, 6) is 0.157. The van der Waals surface area contributed by atoms with E-state index in [1.807, 2.05) is 13.8 Å². The van der Waals surface area contributed by atoms with Crippen LogP contribution in [0.3, 0.4) is 0 Å². The van der Waals surface area contributed by atoms with Gasteiger partial charge in [0.25, 0.3) is 0 Å². The second-order valence-electron chi connectivity index (χ2n) is 5.68. The maximum atomic E-state index is 12.2. The molecule has 1 aromatic heterocycles. The lowest BCUT2D eigenvalue weighted by Crippen LogP contribution is -2.40. The van der Waals surface area contributed by atoms with E-state index in [4.69, 9.17) is 0 Å². The van der Waals surface area contributed by atoms with E-state index in [-0.39, 0.29) is 23.9 Å². The molecule has 1 heterocycles. The van der Waals surface area contributed by atoms with Gasteiger partial charge in [-0.15, -0.1) is 0 Å². The van der Waals surface area contributed by atoms with Crippen LogP contribution in [0.2, 0.25) is 0 Å². The first-order valence-corrected chi connectivity index (χ1v) is 10.2. The van der Waals surface area contributed by atoms with Gasteiger partial charge >= 0.3 is 0 Å². The Kier molecular flexibility index (Phi) is 6.13. The molecule has 8 nitrogen and oxygen atoms in total. The van der Waals surface area contributed by atoms with Gasteiger partial charge in [0.05, 0.1) is 17.6 Å². The third-order valence-electron chi connectivity index (χ3n) is 3.02. The molecule has 0 aliphatic heterocycles. The molecule has 0 bridgehead atoms. The van der Waals surface area contributed by atoms with Crippen molar-refractivity contribution >= 4 is 20.0 Å². The fourth-order valence-electron chi connectivity index (χ4n) is 2.11. The summed E-state index contributed by atoms with van der Waals surface area (Å²) in [5, 5.41) is 6.47. The van der Waals surface area contributed by atoms with Gasteiger partial charge in [0.2, 0.25) is 20.0 Å². The number of nitrogens with one attached hydrogen (secondary N) is 2. The quantitative estimate of drug-likeness (QED) is 0.695. The van der Waals surface area contributed by atoms with Crippen LogP contribution < -0.4 is 4.72 Å². The molecule has 0 unspecified atom stereocenters. The minimum atomic E-state index is -3.71. The molecule has 0 aliphatic rings.